The molecule has 1 aliphatic heterocycles. The number of H-pyrrole nitrogens is 1. The van der Waals surface area contributed by atoms with Crippen LogP contribution in [0.25, 0.3) is 11.0 Å². The van der Waals surface area contributed by atoms with Crippen LogP contribution in [0.1, 0.15) is 6.42 Å². The van der Waals surface area contributed by atoms with Gasteiger partial charge < -0.3 is 14.8 Å². The number of aromatic nitrogens is 3. The van der Waals surface area contributed by atoms with Gasteiger partial charge in [0, 0.05) is 38.4 Å². The normalized spacial score (nSPS) is 15.4. The molecule has 0 radical (unpaired) electrons. The average molecular weight is 338 g/mol. The zero-order valence-corrected chi connectivity index (χ0v) is 13.6. The first-order valence-corrected chi connectivity index (χ1v) is 8.26. The minimum Gasteiger partial charge on any atom is -0.349 e. The fourth-order valence-electron chi connectivity index (χ4n) is 3.20. The second kappa shape index (κ2) is 6.39. The molecule has 4 rings (SSSR count). The van der Waals surface area contributed by atoms with Crippen molar-refractivity contribution >= 4 is 28.5 Å². The lowest BCUT2D eigenvalue weighted by Crippen LogP contribution is -2.32. The number of hydrogen-bond acceptors (Lipinski definition) is 6. The molecule has 0 atom stereocenters. The van der Waals surface area contributed by atoms with Gasteiger partial charge in [0.05, 0.1) is 16.0 Å². The Balaban J connectivity index is 1.55. The van der Waals surface area contributed by atoms with Crippen LogP contribution in [-0.4, -0.2) is 46.1 Å². The SMILES string of the molecule is O=[N+]([O-])c1cccnc1N1CCCN(c2nc3ccccc3[nH]2)CC1. The smallest absolute Gasteiger partial charge is 0.311 e. The molecule has 3 heterocycles. The number of benzene rings is 1. The maximum Gasteiger partial charge on any atom is 0.311 e. The van der Waals surface area contributed by atoms with Gasteiger partial charge in [0.15, 0.2) is 0 Å². The second-order valence-corrected chi connectivity index (χ2v) is 6.01. The largest absolute Gasteiger partial charge is 0.349 e. The van der Waals surface area contributed by atoms with E-state index >= 15 is 0 Å². The maximum atomic E-state index is 11.2. The number of para-hydroxylation sites is 2. The Kier molecular flexibility index (Phi) is 3.93. The first-order chi connectivity index (χ1) is 12.2. The number of pyridine rings is 1. The van der Waals surface area contributed by atoms with E-state index in [2.05, 4.69) is 19.9 Å². The fraction of sp³-hybridized carbons (Fsp3) is 0.294. The van der Waals surface area contributed by atoms with E-state index in [0.29, 0.717) is 12.4 Å². The highest BCUT2D eigenvalue weighted by molar-refractivity contribution is 5.77. The van der Waals surface area contributed by atoms with E-state index in [1.807, 2.05) is 29.2 Å². The van der Waals surface area contributed by atoms with Gasteiger partial charge in [-0.25, -0.2) is 9.97 Å². The Morgan fingerprint density at radius 1 is 1.04 bits per heavy atom. The number of nitrogens with one attached hydrogen (secondary N) is 1. The molecule has 8 heteroatoms. The Morgan fingerprint density at radius 3 is 2.68 bits per heavy atom. The molecule has 1 aliphatic rings. The highest BCUT2D eigenvalue weighted by Crippen LogP contribution is 2.26. The standard InChI is InChI=1S/C17H18N6O2/c24-23(25)15-7-3-8-18-16(15)21-9-4-10-22(12-11-21)17-19-13-5-1-2-6-14(13)20-17/h1-3,5-8H,4,9-12H2,(H,19,20). The highest BCUT2D eigenvalue weighted by Gasteiger charge is 2.24. The summed E-state index contributed by atoms with van der Waals surface area (Å²) in [5, 5.41) is 11.2. The van der Waals surface area contributed by atoms with Crippen LogP contribution in [0.5, 0.6) is 0 Å². The molecular formula is C17H18N6O2. The lowest BCUT2D eigenvalue weighted by Gasteiger charge is -2.22. The third kappa shape index (κ3) is 2.98. The Labute approximate surface area is 144 Å². The summed E-state index contributed by atoms with van der Waals surface area (Å²) in [7, 11) is 0. The average Bonchev–Trinajstić information content (AvgIpc) is 2.91. The number of imidazole rings is 1. The first-order valence-electron chi connectivity index (χ1n) is 8.26. The van der Waals surface area contributed by atoms with Crippen LogP contribution >= 0.6 is 0 Å². The van der Waals surface area contributed by atoms with E-state index in [-0.39, 0.29) is 10.6 Å². The molecule has 0 unspecified atom stereocenters. The molecule has 2 aromatic heterocycles. The van der Waals surface area contributed by atoms with Crippen molar-refractivity contribution in [2.45, 2.75) is 6.42 Å². The van der Waals surface area contributed by atoms with E-state index in [1.54, 1.807) is 12.3 Å². The Bertz CT molecular complexity index is 876. The first kappa shape index (κ1) is 15.4. The van der Waals surface area contributed by atoms with Gasteiger partial charge in [-0.05, 0) is 24.6 Å². The van der Waals surface area contributed by atoms with Gasteiger partial charge in [0.25, 0.3) is 0 Å². The predicted octanol–water partition coefficient (Wildman–Crippen LogP) is 2.58. The van der Waals surface area contributed by atoms with Crippen molar-refractivity contribution in [1.82, 2.24) is 15.0 Å². The molecule has 1 aromatic carbocycles. The molecule has 128 valence electrons. The Hall–Kier alpha value is -3.16. The van der Waals surface area contributed by atoms with E-state index in [0.717, 1.165) is 43.0 Å². The number of hydrogen-bond donors (Lipinski definition) is 1. The predicted molar refractivity (Wildman–Crippen MR) is 96.0 cm³/mol. The van der Waals surface area contributed by atoms with Gasteiger partial charge >= 0.3 is 5.69 Å². The lowest BCUT2D eigenvalue weighted by molar-refractivity contribution is -0.384. The van der Waals surface area contributed by atoms with Crippen LogP contribution in [-0.2, 0) is 0 Å². The molecule has 3 aromatic rings. The molecule has 0 aliphatic carbocycles. The summed E-state index contributed by atoms with van der Waals surface area (Å²) in [6.45, 7) is 2.97. The van der Waals surface area contributed by atoms with Crippen LogP contribution < -0.4 is 9.80 Å². The zero-order chi connectivity index (χ0) is 17.2. The molecule has 1 N–H and O–H groups in total. The number of nitro groups is 1. The molecule has 0 saturated carbocycles. The summed E-state index contributed by atoms with van der Waals surface area (Å²) in [5.41, 5.74) is 2.01. The van der Waals surface area contributed by atoms with E-state index < -0.39 is 0 Å². The summed E-state index contributed by atoms with van der Waals surface area (Å²) in [6.07, 6.45) is 2.48. The van der Waals surface area contributed by atoms with Crippen LogP contribution in [0.2, 0.25) is 0 Å². The quantitative estimate of drug-likeness (QED) is 0.583. The van der Waals surface area contributed by atoms with Crippen molar-refractivity contribution < 1.29 is 4.92 Å². The molecule has 25 heavy (non-hydrogen) atoms. The van der Waals surface area contributed by atoms with Crippen LogP contribution in [0.4, 0.5) is 17.5 Å². The lowest BCUT2D eigenvalue weighted by atomic mass is 10.3. The Morgan fingerprint density at radius 2 is 1.84 bits per heavy atom. The van der Waals surface area contributed by atoms with Gasteiger partial charge in [-0.1, -0.05) is 12.1 Å². The van der Waals surface area contributed by atoms with Crippen molar-refractivity contribution in [2.24, 2.45) is 0 Å². The number of aromatic amines is 1. The van der Waals surface area contributed by atoms with E-state index in [1.165, 1.54) is 6.07 Å². The number of fused-ring (bicyclic) bond motifs is 1. The minimum absolute atomic E-state index is 0.0553. The van der Waals surface area contributed by atoms with Crippen molar-refractivity contribution in [3.05, 3.63) is 52.7 Å². The second-order valence-electron chi connectivity index (χ2n) is 6.01. The maximum absolute atomic E-state index is 11.2. The third-order valence-corrected chi connectivity index (χ3v) is 4.43. The van der Waals surface area contributed by atoms with Gasteiger partial charge in [0.1, 0.15) is 0 Å². The summed E-state index contributed by atoms with van der Waals surface area (Å²) in [6, 6.07) is 11.0. The number of anilines is 2. The molecule has 0 amide bonds. The monoisotopic (exact) mass is 338 g/mol. The highest BCUT2D eigenvalue weighted by atomic mass is 16.6. The molecule has 1 saturated heterocycles. The van der Waals surface area contributed by atoms with Crippen molar-refractivity contribution in [2.75, 3.05) is 36.0 Å². The molecule has 0 spiro atoms. The van der Waals surface area contributed by atoms with Crippen LogP contribution in [0, 0.1) is 10.1 Å². The van der Waals surface area contributed by atoms with E-state index in [4.69, 9.17) is 0 Å². The molecule has 8 nitrogen and oxygen atoms in total. The van der Waals surface area contributed by atoms with Gasteiger partial charge in [-0.15, -0.1) is 0 Å². The molecule has 0 bridgehead atoms. The van der Waals surface area contributed by atoms with Crippen molar-refractivity contribution in [3.8, 4) is 0 Å². The summed E-state index contributed by atoms with van der Waals surface area (Å²) < 4.78 is 0. The fourth-order valence-corrected chi connectivity index (χ4v) is 3.20. The van der Waals surface area contributed by atoms with Gasteiger partial charge in [-0.2, -0.15) is 0 Å². The van der Waals surface area contributed by atoms with Crippen molar-refractivity contribution in [3.63, 3.8) is 0 Å². The molecule has 1 fully saturated rings. The minimum atomic E-state index is -0.371. The van der Waals surface area contributed by atoms with E-state index in [9.17, 15) is 10.1 Å². The summed E-state index contributed by atoms with van der Waals surface area (Å²) in [4.78, 5) is 27.3. The van der Waals surface area contributed by atoms with Crippen LogP contribution in [0.15, 0.2) is 42.6 Å². The van der Waals surface area contributed by atoms with Crippen molar-refractivity contribution in [1.29, 1.82) is 0 Å². The van der Waals surface area contributed by atoms with Crippen LogP contribution in [0.3, 0.4) is 0 Å². The topological polar surface area (TPSA) is 91.2 Å². The zero-order valence-electron chi connectivity index (χ0n) is 13.6. The number of nitrogens with zero attached hydrogens (tertiary/aromatic N) is 5. The number of rotatable bonds is 3. The summed E-state index contributed by atoms with van der Waals surface area (Å²) in [5.74, 6) is 1.29. The van der Waals surface area contributed by atoms with Gasteiger partial charge in [0.2, 0.25) is 11.8 Å². The molecular weight excluding hydrogens is 320 g/mol. The van der Waals surface area contributed by atoms with Gasteiger partial charge in [-0.3, -0.25) is 10.1 Å². The summed E-state index contributed by atoms with van der Waals surface area (Å²) >= 11 is 0. The third-order valence-electron chi connectivity index (χ3n) is 4.43.